The van der Waals surface area contributed by atoms with Crippen molar-refractivity contribution in [3.63, 3.8) is 0 Å². The van der Waals surface area contributed by atoms with Crippen LogP contribution in [0.2, 0.25) is 10.0 Å². The largest absolute Gasteiger partial charge is 0.481 e. The van der Waals surface area contributed by atoms with E-state index in [-0.39, 0.29) is 5.91 Å². The third-order valence-corrected chi connectivity index (χ3v) is 5.85. The third kappa shape index (κ3) is 2.47. The maximum atomic E-state index is 13.2. The number of halogens is 2. The van der Waals surface area contributed by atoms with Gasteiger partial charge in [-0.3, -0.25) is 4.79 Å². The summed E-state index contributed by atoms with van der Waals surface area (Å²) in [4.78, 5) is 17.3. The summed E-state index contributed by atoms with van der Waals surface area (Å²) in [5.41, 5.74) is 6.33. The number of benzene rings is 2. The van der Waals surface area contributed by atoms with E-state index in [1.807, 2.05) is 6.07 Å². The first-order valence-corrected chi connectivity index (χ1v) is 9.43. The topological polar surface area (TPSA) is 64.4 Å². The lowest BCUT2D eigenvalue weighted by Crippen LogP contribution is -2.12. The number of furan rings is 2. The first kappa shape index (κ1) is 17.3. The molecule has 7 heteroatoms. The van der Waals surface area contributed by atoms with Gasteiger partial charge in [-0.2, -0.15) is 0 Å². The maximum absolute atomic E-state index is 13.2. The summed E-state index contributed by atoms with van der Waals surface area (Å²) >= 11 is 12.0. The Kier molecular flexibility index (Phi) is 3.79. The molecule has 5 rings (SSSR count). The molecule has 0 spiro atoms. The summed E-state index contributed by atoms with van der Waals surface area (Å²) in [6.07, 6.45) is 1.65. The van der Waals surface area contributed by atoms with E-state index in [1.165, 1.54) is 5.56 Å². The van der Waals surface area contributed by atoms with Gasteiger partial charge < -0.3 is 14.5 Å². The quantitative estimate of drug-likeness (QED) is 0.448. The normalized spacial score (nSPS) is 14.9. The van der Waals surface area contributed by atoms with Gasteiger partial charge in [-0.25, -0.2) is 4.98 Å². The highest BCUT2D eigenvalue weighted by molar-refractivity contribution is 6.42. The molecule has 0 saturated carbocycles. The molecular formula is C21H14Cl2N2O3. The zero-order valence-corrected chi connectivity index (χ0v) is 16.5. The van der Waals surface area contributed by atoms with Crippen molar-refractivity contribution in [3.05, 3.63) is 63.3 Å². The van der Waals surface area contributed by atoms with Crippen LogP contribution >= 0.6 is 23.2 Å². The number of nitrogens with one attached hydrogen (secondary N) is 1. The molecule has 1 amide bonds. The lowest BCUT2D eigenvalue weighted by Gasteiger charge is -2.09. The van der Waals surface area contributed by atoms with Crippen LogP contribution in [0.5, 0.6) is 5.88 Å². The number of hydrogen-bond donors (Lipinski definition) is 1. The van der Waals surface area contributed by atoms with Gasteiger partial charge in [0, 0.05) is 40.6 Å². The molecule has 28 heavy (non-hydrogen) atoms. The number of rotatable bonds is 4. The molecule has 1 N–H and O–H groups in total. The van der Waals surface area contributed by atoms with Crippen molar-refractivity contribution in [1.29, 1.82) is 0 Å². The highest BCUT2D eigenvalue weighted by Crippen LogP contribution is 2.58. The predicted octanol–water partition coefficient (Wildman–Crippen LogP) is 5.97. The van der Waals surface area contributed by atoms with Crippen LogP contribution in [0.4, 0.5) is 5.69 Å². The van der Waals surface area contributed by atoms with Crippen LogP contribution in [-0.2, 0) is 0 Å². The fraction of sp³-hybridized carbons (Fsp3) is 0.143. The van der Waals surface area contributed by atoms with E-state index in [4.69, 9.17) is 32.4 Å². The second kappa shape index (κ2) is 6.12. The number of fused-ring (bicyclic) bond motifs is 5. The van der Waals surface area contributed by atoms with Crippen molar-refractivity contribution in [1.82, 2.24) is 4.98 Å². The van der Waals surface area contributed by atoms with Gasteiger partial charge in [-0.15, -0.1) is 0 Å². The highest BCUT2D eigenvalue weighted by Gasteiger charge is 2.44. The summed E-state index contributed by atoms with van der Waals surface area (Å²) in [6.45, 7) is 2.11. The third-order valence-electron chi connectivity index (χ3n) is 5.11. The van der Waals surface area contributed by atoms with E-state index >= 15 is 0 Å². The van der Waals surface area contributed by atoms with Crippen molar-refractivity contribution in [2.24, 2.45) is 0 Å². The molecule has 1 aromatic carbocycles. The number of anilines is 1. The molecule has 0 unspecified atom stereocenters. The van der Waals surface area contributed by atoms with Gasteiger partial charge in [0.2, 0.25) is 5.88 Å². The SMILES string of the molecule is COc1cc(-c2c(C(=O)Nc3ccc(Cl)c(Cl)c3)c3oc2c2c3[C@@H]2C)ccn1. The number of carbonyl (C=O) groups is 1. The Morgan fingerprint density at radius 1 is 1.14 bits per heavy atom. The number of carbonyl (C=O) groups excluding carboxylic acids is 1. The predicted molar refractivity (Wildman–Crippen MR) is 109 cm³/mol. The highest BCUT2D eigenvalue weighted by atomic mass is 35.5. The lowest BCUT2D eigenvalue weighted by molar-refractivity contribution is 0.102. The van der Waals surface area contributed by atoms with Crippen LogP contribution in [0.3, 0.4) is 0 Å². The van der Waals surface area contributed by atoms with Crippen LogP contribution in [0.1, 0.15) is 34.3 Å². The smallest absolute Gasteiger partial charge is 0.260 e. The number of nitrogens with zero attached hydrogens (tertiary/aromatic N) is 1. The number of ether oxygens (including phenoxy) is 1. The first-order chi connectivity index (χ1) is 13.5. The van der Waals surface area contributed by atoms with E-state index in [0.717, 1.165) is 22.3 Å². The Labute approximate surface area is 170 Å². The van der Waals surface area contributed by atoms with E-state index in [0.29, 0.717) is 38.7 Å². The molecule has 0 fully saturated rings. The minimum absolute atomic E-state index is 0.264. The Hall–Kier alpha value is -2.76. The first-order valence-electron chi connectivity index (χ1n) is 8.68. The van der Waals surface area contributed by atoms with Crippen molar-refractivity contribution >= 4 is 46.0 Å². The molecule has 0 saturated heterocycles. The maximum Gasteiger partial charge on any atom is 0.260 e. The second-order valence-corrected chi connectivity index (χ2v) is 7.54. The van der Waals surface area contributed by atoms with Crippen molar-refractivity contribution in [2.45, 2.75) is 12.8 Å². The van der Waals surface area contributed by atoms with Gasteiger partial charge in [0.25, 0.3) is 5.91 Å². The molecule has 4 aromatic rings. The van der Waals surface area contributed by atoms with E-state index in [9.17, 15) is 4.79 Å². The van der Waals surface area contributed by atoms with Crippen molar-refractivity contribution in [3.8, 4) is 17.0 Å². The average molecular weight is 413 g/mol. The molecule has 1 atom stereocenters. The second-order valence-electron chi connectivity index (χ2n) is 6.73. The summed E-state index contributed by atoms with van der Waals surface area (Å²) < 4.78 is 11.2. The van der Waals surface area contributed by atoms with Gasteiger partial charge in [0.15, 0.2) is 0 Å². The van der Waals surface area contributed by atoms with Crippen LogP contribution in [0, 0.1) is 0 Å². The van der Waals surface area contributed by atoms with Crippen LogP contribution < -0.4 is 10.1 Å². The number of aromatic nitrogens is 1. The molecule has 0 aliphatic heterocycles. The number of hydrogen-bond acceptors (Lipinski definition) is 4. The molecule has 1 aliphatic rings. The Morgan fingerprint density at radius 2 is 1.93 bits per heavy atom. The molecule has 140 valence electrons. The zero-order valence-electron chi connectivity index (χ0n) is 15.0. The van der Waals surface area contributed by atoms with Crippen molar-refractivity contribution in [2.75, 3.05) is 12.4 Å². The van der Waals surface area contributed by atoms with E-state index < -0.39 is 0 Å². The van der Waals surface area contributed by atoms with Gasteiger partial charge in [0.1, 0.15) is 11.2 Å². The molecule has 1 aliphatic carbocycles. The number of methoxy groups -OCH3 is 1. The fourth-order valence-electron chi connectivity index (χ4n) is 3.72. The van der Waals surface area contributed by atoms with Gasteiger partial charge in [-0.1, -0.05) is 30.1 Å². The summed E-state index contributed by atoms with van der Waals surface area (Å²) in [7, 11) is 1.56. The molecule has 3 heterocycles. The average Bonchev–Trinajstić information content (AvgIpc) is 3.05. The Bertz CT molecular complexity index is 1250. The summed E-state index contributed by atoms with van der Waals surface area (Å²) in [6, 6.07) is 8.61. The van der Waals surface area contributed by atoms with Gasteiger partial charge in [0.05, 0.1) is 22.7 Å². The molecule has 0 radical (unpaired) electrons. The van der Waals surface area contributed by atoms with Gasteiger partial charge >= 0.3 is 0 Å². The van der Waals surface area contributed by atoms with Crippen LogP contribution in [0.15, 0.2) is 40.9 Å². The summed E-state index contributed by atoms with van der Waals surface area (Å²) in [5, 5.41) is 3.70. The van der Waals surface area contributed by atoms with E-state index in [2.05, 4.69) is 17.2 Å². The Morgan fingerprint density at radius 3 is 2.68 bits per heavy atom. The van der Waals surface area contributed by atoms with Crippen LogP contribution in [0.25, 0.3) is 22.3 Å². The van der Waals surface area contributed by atoms with E-state index in [1.54, 1.807) is 37.6 Å². The van der Waals surface area contributed by atoms with Crippen molar-refractivity contribution < 1.29 is 13.9 Å². The molecule has 2 bridgehead atoms. The number of amides is 1. The fourth-order valence-corrected chi connectivity index (χ4v) is 4.02. The molecule has 5 nitrogen and oxygen atoms in total. The minimum Gasteiger partial charge on any atom is -0.481 e. The molecule has 3 aromatic heterocycles. The standard InChI is InChI=1S/C21H14Cl2N2O3/c1-9-15-16(9)20-18(21(26)25-11-3-4-12(22)13(23)8-11)17(19(15)28-20)10-5-6-24-14(7-10)27-2/h3-9H,1-2H3,(H,25,26)/t9-/m1/s1. The Balaban J connectivity index is 1.61. The minimum atomic E-state index is -0.264. The molecular weight excluding hydrogens is 399 g/mol. The summed E-state index contributed by atoms with van der Waals surface area (Å²) in [5.74, 6) is 0.522. The lowest BCUT2D eigenvalue weighted by atomic mass is 10.00. The van der Waals surface area contributed by atoms with Crippen LogP contribution in [-0.4, -0.2) is 18.0 Å². The monoisotopic (exact) mass is 412 g/mol. The zero-order chi connectivity index (χ0) is 19.6. The van der Waals surface area contributed by atoms with Gasteiger partial charge in [-0.05, 0) is 29.8 Å². The number of pyridine rings is 1.